The van der Waals surface area contributed by atoms with Crippen molar-refractivity contribution in [3.05, 3.63) is 47.0 Å². The van der Waals surface area contributed by atoms with E-state index in [-0.39, 0.29) is 5.54 Å². The number of aryl methyl sites for hydroxylation is 2. The Kier molecular flexibility index (Phi) is 2.20. The molecule has 0 unspecified atom stereocenters. The van der Waals surface area contributed by atoms with Crippen LogP contribution < -0.4 is 5.73 Å². The maximum atomic E-state index is 6.34. The Balaban J connectivity index is 2.37. The predicted octanol–water partition coefficient (Wildman–Crippen LogP) is 2.81. The molecule has 0 atom stereocenters. The first-order valence-corrected chi connectivity index (χ1v) is 5.13. The lowest BCUT2D eigenvalue weighted by atomic mass is 9.87. The van der Waals surface area contributed by atoms with Gasteiger partial charge in [0, 0.05) is 5.54 Å². The molecule has 1 nitrogen and oxygen atoms in total. The van der Waals surface area contributed by atoms with Crippen molar-refractivity contribution < 1.29 is 0 Å². The van der Waals surface area contributed by atoms with Crippen LogP contribution in [0.4, 0.5) is 0 Å². The van der Waals surface area contributed by atoms with E-state index >= 15 is 0 Å². The van der Waals surface area contributed by atoms with Crippen LogP contribution in [0.1, 0.15) is 29.5 Å². The first-order valence-electron chi connectivity index (χ1n) is 5.13. The van der Waals surface area contributed by atoms with Crippen molar-refractivity contribution >= 4 is 0 Å². The fraction of sp³-hybridized carbons (Fsp3) is 0.385. The summed E-state index contributed by atoms with van der Waals surface area (Å²) in [5, 5.41) is 0. The zero-order chi connectivity index (χ0) is 10.2. The molecular weight excluding hydrogens is 170 g/mol. The van der Waals surface area contributed by atoms with Gasteiger partial charge in [0.15, 0.2) is 0 Å². The molecule has 0 bridgehead atoms. The van der Waals surface area contributed by atoms with Crippen molar-refractivity contribution in [1.82, 2.24) is 0 Å². The SMILES string of the molecule is Cc1ccc(C2(N)CC=CC2)cc1C. The molecule has 2 N–H and O–H groups in total. The van der Waals surface area contributed by atoms with Crippen molar-refractivity contribution in [2.24, 2.45) is 5.73 Å². The van der Waals surface area contributed by atoms with Crippen LogP contribution in [0.5, 0.6) is 0 Å². The van der Waals surface area contributed by atoms with Gasteiger partial charge in [-0.15, -0.1) is 0 Å². The highest BCUT2D eigenvalue weighted by Gasteiger charge is 2.27. The maximum absolute atomic E-state index is 6.34. The molecule has 1 aromatic carbocycles. The Morgan fingerprint density at radius 1 is 1.07 bits per heavy atom. The van der Waals surface area contributed by atoms with E-state index in [1.807, 2.05) is 0 Å². The number of hydrogen-bond acceptors (Lipinski definition) is 1. The van der Waals surface area contributed by atoms with Crippen LogP contribution in [-0.4, -0.2) is 0 Å². The molecule has 1 aliphatic rings. The Bertz CT molecular complexity index is 369. The molecule has 0 saturated carbocycles. The molecule has 0 aliphatic heterocycles. The van der Waals surface area contributed by atoms with Gasteiger partial charge < -0.3 is 5.73 Å². The Morgan fingerprint density at radius 3 is 2.29 bits per heavy atom. The summed E-state index contributed by atoms with van der Waals surface area (Å²) in [6.45, 7) is 4.28. The molecule has 74 valence electrons. The van der Waals surface area contributed by atoms with Crippen LogP contribution >= 0.6 is 0 Å². The minimum absolute atomic E-state index is 0.140. The summed E-state index contributed by atoms with van der Waals surface area (Å²) in [7, 11) is 0. The summed E-state index contributed by atoms with van der Waals surface area (Å²) in [5.74, 6) is 0. The van der Waals surface area contributed by atoms with E-state index in [1.165, 1.54) is 16.7 Å². The van der Waals surface area contributed by atoms with Crippen LogP contribution in [0.3, 0.4) is 0 Å². The molecule has 0 amide bonds. The third-order valence-electron chi connectivity index (χ3n) is 3.21. The van der Waals surface area contributed by atoms with E-state index < -0.39 is 0 Å². The third-order valence-corrected chi connectivity index (χ3v) is 3.21. The van der Waals surface area contributed by atoms with Gasteiger partial charge in [0.25, 0.3) is 0 Å². The lowest BCUT2D eigenvalue weighted by molar-refractivity contribution is 0.480. The molecular formula is C13H17N. The Hall–Kier alpha value is -1.08. The summed E-state index contributed by atoms with van der Waals surface area (Å²) in [6.07, 6.45) is 6.29. The lowest BCUT2D eigenvalue weighted by Gasteiger charge is -2.25. The summed E-state index contributed by atoms with van der Waals surface area (Å²) < 4.78 is 0. The third kappa shape index (κ3) is 1.48. The normalized spacial score (nSPS) is 18.8. The molecule has 2 rings (SSSR count). The zero-order valence-electron chi connectivity index (χ0n) is 8.88. The summed E-state index contributed by atoms with van der Waals surface area (Å²) in [4.78, 5) is 0. The quantitative estimate of drug-likeness (QED) is 0.672. The molecule has 1 aromatic rings. The van der Waals surface area contributed by atoms with Crippen LogP contribution in [-0.2, 0) is 5.54 Å². The number of hydrogen-bond donors (Lipinski definition) is 1. The van der Waals surface area contributed by atoms with Crippen molar-refractivity contribution in [3.63, 3.8) is 0 Å². The predicted molar refractivity (Wildman–Crippen MR) is 60.2 cm³/mol. The van der Waals surface area contributed by atoms with Gasteiger partial charge in [-0.05, 0) is 43.4 Å². The van der Waals surface area contributed by atoms with E-state index in [4.69, 9.17) is 5.73 Å². The van der Waals surface area contributed by atoms with Crippen molar-refractivity contribution in [2.45, 2.75) is 32.2 Å². The number of rotatable bonds is 1. The van der Waals surface area contributed by atoms with Gasteiger partial charge >= 0.3 is 0 Å². The second kappa shape index (κ2) is 3.25. The Morgan fingerprint density at radius 2 is 1.71 bits per heavy atom. The first kappa shape index (κ1) is 9.47. The van der Waals surface area contributed by atoms with Gasteiger partial charge in [0.2, 0.25) is 0 Å². The number of nitrogens with two attached hydrogens (primary N) is 1. The fourth-order valence-electron chi connectivity index (χ4n) is 1.96. The molecule has 0 spiro atoms. The molecule has 0 heterocycles. The molecule has 1 heteroatoms. The van der Waals surface area contributed by atoms with Gasteiger partial charge in [0.05, 0.1) is 0 Å². The second-order valence-electron chi connectivity index (χ2n) is 4.33. The van der Waals surface area contributed by atoms with Crippen LogP contribution in [0.25, 0.3) is 0 Å². The standard InChI is InChI=1S/C13H17N/c1-10-5-6-12(9-11(10)2)13(14)7-3-4-8-13/h3-6,9H,7-8,14H2,1-2H3. The largest absolute Gasteiger partial charge is 0.321 e. The van der Waals surface area contributed by atoms with E-state index in [1.54, 1.807) is 0 Å². The van der Waals surface area contributed by atoms with Crippen LogP contribution in [0.15, 0.2) is 30.4 Å². The van der Waals surface area contributed by atoms with Gasteiger partial charge in [-0.25, -0.2) is 0 Å². The minimum Gasteiger partial charge on any atom is -0.321 e. The topological polar surface area (TPSA) is 26.0 Å². The van der Waals surface area contributed by atoms with E-state index in [0.717, 1.165) is 12.8 Å². The van der Waals surface area contributed by atoms with E-state index in [0.29, 0.717) is 0 Å². The molecule has 0 radical (unpaired) electrons. The monoisotopic (exact) mass is 187 g/mol. The highest BCUT2D eigenvalue weighted by atomic mass is 14.7. The highest BCUT2D eigenvalue weighted by molar-refractivity contribution is 5.36. The second-order valence-corrected chi connectivity index (χ2v) is 4.33. The number of benzene rings is 1. The summed E-state index contributed by atoms with van der Waals surface area (Å²) in [5.41, 5.74) is 10.1. The van der Waals surface area contributed by atoms with Crippen LogP contribution in [0.2, 0.25) is 0 Å². The average molecular weight is 187 g/mol. The van der Waals surface area contributed by atoms with Crippen molar-refractivity contribution in [2.75, 3.05) is 0 Å². The average Bonchev–Trinajstić information content (AvgIpc) is 2.58. The summed E-state index contributed by atoms with van der Waals surface area (Å²) in [6, 6.07) is 6.55. The molecule has 1 aliphatic carbocycles. The van der Waals surface area contributed by atoms with Crippen molar-refractivity contribution in [3.8, 4) is 0 Å². The fourth-order valence-corrected chi connectivity index (χ4v) is 1.96. The van der Waals surface area contributed by atoms with Gasteiger partial charge in [-0.1, -0.05) is 30.4 Å². The molecule has 14 heavy (non-hydrogen) atoms. The smallest absolute Gasteiger partial charge is 0.0479 e. The molecule has 0 fully saturated rings. The van der Waals surface area contributed by atoms with Gasteiger partial charge in [-0.2, -0.15) is 0 Å². The summed E-state index contributed by atoms with van der Waals surface area (Å²) >= 11 is 0. The highest BCUT2D eigenvalue weighted by Crippen LogP contribution is 2.32. The Labute approximate surface area is 85.6 Å². The van der Waals surface area contributed by atoms with Crippen LogP contribution in [0, 0.1) is 13.8 Å². The minimum atomic E-state index is -0.140. The van der Waals surface area contributed by atoms with E-state index in [2.05, 4.69) is 44.2 Å². The van der Waals surface area contributed by atoms with Gasteiger partial charge in [0.1, 0.15) is 0 Å². The zero-order valence-corrected chi connectivity index (χ0v) is 8.88. The van der Waals surface area contributed by atoms with Crippen molar-refractivity contribution in [1.29, 1.82) is 0 Å². The molecule has 0 aromatic heterocycles. The van der Waals surface area contributed by atoms with Gasteiger partial charge in [-0.3, -0.25) is 0 Å². The first-order chi connectivity index (χ1) is 6.62. The van der Waals surface area contributed by atoms with E-state index in [9.17, 15) is 0 Å². The maximum Gasteiger partial charge on any atom is 0.0479 e. The lowest BCUT2D eigenvalue weighted by Crippen LogP contribution is -2.33. The molecule has 0 saturated heterocycles.